The fraction of sp³-hybridized carbons (Fsp3) is 0.133. The smallest absolute Gasteiger partial charge is 0.417 e. The number of halogens is 3. The van der Waals surface area contributed by atoms with E-state index in [1.54, 1.807) is 13.0 Å². The second-order valence-corrected chi connectivity index (χ2v) is 4.42. The molecular formula is C15H10F3NO2. The summed E-state index contributed by atoms with van der Waals surface area (Å²) in [7, 11) is 0. The Morgan fingerprint density at radius 1 is 1.10 bits per heavy atom. The molecule has 2 aromatic carbocycles. The van der Waals surface area contributed by atoms with Crippen molar-refractivity contribution in [2.45, 2.75) is 13.1 Å². The molecule has 1 N–H and O–H groups in total. The van der Waals surface area contributed by atoms with Crippen LogP contribution in [0.5, 0.6) is 17.2 Å². The number of benzene rings is 2. The molecule has 0 unspecified atom stereocenters. The Morgan fingerprint density at radius 2 is 1.81 bits per heavy atom. The molecule has 0 aromatic heterocycles. The largest absolute Gasteiger partial charge is 0.508 e. The van der Waals surface area contributed by atoms with Gasteiger partial charge in [-0.15, -0.1) is 0 Å². The Hall–Kier alpha value is -2.68. The quantitative estimate of drug-likeness (QED) is 0.893. The van der Waals surface area contributed by atoms with Crippen LogP contribution in [0.25, 0.3) is 0 Å². The van der Waals surface area contributed by atoms with Crippen molar-refractivity contribution in [3.05, 3.63) is 53.1 Å². The highest BCUT2D eigenvalue weighted by atomic mass is 19.4. The van der Waals surface area contributed by atoms with Gasteiger partial charge in [-0.1, -0.05) is 0 Å². The van der Waals surface area contributed by atoms with Crippen LogP contribution in [0.1, 0.15) is 16.7 Å². The first-order chi connectivity index (χ1) is 9.79. The van der Waals surface area contributed by atoms with Crippen LogP contribution in [0.15, 0.2) is 36.4 Å². The second-order valence-electron chi connectivity index (χ2n) is 4.42. The van der Waals surface area contributed by atoms with E-state index in [0.29, 0.717) is 0 Å². The Labute approximate surface area is 118 Å². The van der Waals surface area contributed by atoms with E-state index in [9.17, 15) is 18.3 Å². The first-order valence-electron chi connectivity index (χ1n) is 5.89. The Morgan fingerprint density at radius 3 is 2.38 bits per heavy atom. The molecule has 21 heavy (non-hydrogen) atoms. The molecule has 2 aromatic rings. The standard InChI is InChI=1S/C15H10F3NO2/c1-9-4-11(20)7-13(5-9)21-12-2-3-14(15(16,17)18)10(6-12)8-19/h2-7,20H,1H3. The van der Waals surface area contributed by atoms with Gasteiger partial charge in [0.05, 0.1) is 17.2 Å². The fourth-order valence-electron chi connectivity index (χ4n) is 1.85. The van der Waals surface area contributed by atoms with Crippen LogP contribution in [-0.4, -0.2) is 5.11 Å². The normalized spacial score (nSPS) is 11.0. The van der Waals surface area contributed by atoms with Gasteiger partial charge in [-0.25, -0.2) is 0 Å². The van der Waals surface area contributed by atoms with E-state index in [0.717, 1.165) is 23.8 Å². The number of nitriles is 1. The minimum atomic E-state index is -4.59. The number of hydrogen-bond donors (Lipinski definition) is 1. The lowest BCUT2D eigenvalue weighted by Crippen LogP contribution is -2.07. The highest BCUT2D eigenvalue weighted by Crippen LogP contribution is 2.35. The number of aromatic hydroxyl groups is 1. The predicted octanol–water partition coefficient (Wildman–Crippen LogP) is 4.38. The van der Waals surface area contributed by atoms with Crippen LogP contribution in [0, 0.1) is 18.3 Å². The van der Waals surface area contributed by atoms with E-state index in [1.807, 2.05) is 0 Å². The minimum Gasteiger partial charge on any atom is -0.508 e. The van der Waals surface area contributed by atoms with Crippen LogP contribution in [0.2, 0.25) is 0 Å². The van der Waals surface area contributed by atoms with Gasteiger partial charge in [-0.3, -0.25) is 0 Å². The third-order valence-electron chi connectivity index (χ3n) is 2.69. The summed E-state index contributed by atoms with van der Waals surface area (Å²) in [6, 6.07) is 8.90. The number of ether oxygens (including phenoxy) is 1. The van der Waals surface area contributed by atoms with E-state index in [4.69, 9.17) is 10.00 Å². The van der Waals surface area contributed by atoms with Gasteiger partial charge >= 0.3 is 6.18 Å². The van der Waals surface area contributed by atoms with Crippen molar-refractivity contribution in [2.75, 3.05) is 0 Å². The highest BCUT2D eigenvalue weighted by Gasteiger charge is 2.33. The van der Waals surface area contributed by atoms with Crippen molar-refractivity contribution in [3.8, 4) is 23.3 Å². The summed E-state index contributed by atoms with van der Waals surface area (Å²) in [6.45, 7) is 1.74. The van der Waals surface area contributed by atoms with Crippen molar-refractivity contribution < 1.29 is 23.0 Å². The highest BCUT2D eigenvalue weighted by molar-refractivity contribution is 5.47. The predicted molar refractivity (Wildman–Crippen MR) is 69.1 cm³/mol. The first-order valence-corrected chi connectivity index (χ1v) is 5.89. The number of phenols is 1. The summed E-state index contributed by atoms with van der Waals surface area (Å²) < 4.78 is 43.4. The third kappa shape index (κ3) is 3.45. The van der Waals surface area contributed by atoms with Crippen molar-refractivity contribution in [1.29, 1.82) is 5.26 Å². The second kappa shape index (κ2) is 5.37. The molecule has 2 rings (SSSR count). The molecule has 108 valence electrons. The summed E-state index contributed by atoms with van der Waals surface area (Å²) in [6.07, 6.45) is -4.59. The Balaban J connectivity index is 2.36. The lowest BCUT2D eigenvalue weighted by molar-refractivity contribution is -0.137. The molecule has 0 bridgehead atoms. The molecule has 0 saturated heterocycles. The van der Waals surface area contributed by atoms with Gasteiger partial charge in [0, 0.05) is 6.07 Å². The van der Waals surface area contributed by atoms with Crippen molar-refractivity contribution in [3.63, 3.8) is 0 Å². The third-order valence-corrected chi connectivity index (χ3v) is 2.69. The van der Waals surface area contributed by atoms with Crippen LogP contribution >= 0.6 is 0 Å². The number of rotatable bonds is 2. The van der Waals surface area contributed by atoms with Gasteiger partial charge in [0.15, 0.2) is 0 Å². The maximum absolute atomic E-state index is 12.7. The molecule has 0 aliphatic heterocycles. The lowest BCUT2D eigenvalue weighted by Gasteiger charge is -2.11. The van der Waals surface area contributed by atoms with Crippen molar-refractivity contribution >= 4 is 0 Å². The molecule has 0 aliphatic rings. The number of alkyl halides is 3. The Bertz CT molecular complexity index is 698. The maximum Gasteiger partial charge on any atom is 0.417 e. The summed E-state index contributed by atoms with van der Waals surface area (Å²) in [5, 5.41) is 18.3. The number of phenolic OH excluding ortho intramolecular Hbond substituents is 1. The SMILES string of the molecule is Cc1cc(O)cc(Oc2ccc(C(F)(F)F)c(C#N)c2)c1. The zero-order valence-corrected chi connectivity index (χ0v) is 10.9. The summed E-state index contributed by atoms with van der Waals surface area (Å²) in [5.41, 5.74) is -0.793. The van der Waals surface area contributed by atoms with E-state index >= 15 is 0 Å². The van der Waals surface area contributed by atoms with Crippen LogP contribution in [0.4, 0.5) is 13.2 Å². The zero-order valence-electron chi connectivity index (χ0n) is 10.9. The molecule has 6 heteroatoms. The summed E-state index contributed by atoms with van der Waals surface area (Å²) in [5.74, 6) is 0.345. The molecule has 0 radical (unpaired) electrons. The van der Waals surface area contributed by atoms with Gasteiger partial charge < -0.3 is 9.84 Å². The molecule has 0 heterocycles. The van der Waals surface area contributed by atoms with Crippen LogP contribution in [-0.2, 0) is 6.18 Å². The molecule has 0 amide bonds. The monoisotopic (exact) mass is 293 g/mol. The summed E-state index contributed by atoms with van der Waals surface area (Å²) >= 11 is 0. The molecular weight excluding hydrogens is 283 g/mol. The number of hydrogen-bond acceptors (Lipinski definition) is 3. The molecule has 0 saturated carbocycles. The molecule has 0 spiro atoms. The average molecular weight is 293 g/mol. The van der Waals surface area contributed by atoms with E-state index in [1.165, 1.54) is 18.2 Å². The number of nitrogens with zero attached hydrogens (tertiary/aromatic N) is 1. The van der Waals surface area contributed by atoms with Gasteiger partial charge in [-0.05, 0) is 42.8 Å². The van der Waals surface area contributed by atoms with Gasteiger partial charge in [0.1, 0.15) is 17.2 Å². The molecule has 0 atom stereocenters. The summed E-state index contributed by atoms with van der Waals surface area (Å²) in [4.78, 5) is 0. The molecule has 3 nitrogen and oxygen atoms in total. The van der Waals surface area contributed by atoms with Gasteiger partial charge in [0.25, 0.3) is 0 Å². The average Bonchev–Trinajstić information content (AvgIpc) is 2.36. The number of aryl methyl sites for hydroxylation is 1. The fourth-order valence-corrected chi connectivity index (χ4v) is 1.85. The van der Waals surface area contributed by atoms with Crippen LogP contribution in [0.3, 0.4) is 0 Å². The van der Waals surface area contributed by atoms with E-state index < -0.39 is 17.3 Å². The van der Waals surface area contributed by atoms with Gasteiger partial charge in [-0.2, -0.15) is 18.4 Å². The molecule has 0 aliphatic carbocycles. The van der Waals surface area contributed by atoms with Crippen molar-refractivity contribution in [1.82, 2.24) is 0 Å². The molecule has 0 fully saturated rings. The van der Waals surface area contributed by atoms with Gasteiger partial charge in [0.2, 0.25) is 0 Å². The topological polar surface area (TPSA) is 53.2 Å². The van der Waals surface area contributed by atoms with Crippen molar-refractivity contribution in [2.24, 2.45) is 0 Å². The van der Waals surface area contributed by atoms with Crippen LogP contribution < -0.4 is 4.74 Å². The van der Waals surface area contributed by atoms with E-state index in [2.05, 4.69) is 0 Å². The maximum atomic E-state index is 12.7. The lowest BCUT2D eigenvalue weighted by atomic mass is 10.1. The Kier molecular flexibility index (Phi) is 3.76. The minimum absolute atomic E-state index is 0.0163. The zero-order chi connectivity index (χ0) is 15.6. The first kappa shape index (κ1) is 14.7. The van der Waals surface area contributed by atoms with E-state index in [-0.39, 0.29) is 17.2 Å².